The highest BCUT2D eigenvalue weighted by atomic mass is 31.2. The van der Waals surface area contributed by atoms with Crippen LogP contribution in [0, 0.1) is 0 Å². The highest BCUT2D eigenvalue weighted by Gasteiger charge is 2.35. The zero-order chi connectivity index (χ0) is 30.8. The standard InChI is InChI=1S/C30H39F3N7O2P/c1-38-15-17-40(18-16-38)22-11-13-39(14-12-22)23-7-10-26(27(19-23)42-2)36-29-34-20-25(30(31,32)33)28(37-29)35-21-5-8-24(9-6-21)43(3,4)41/h5-10,19-20,22H,11-18H2,1-4H3,(H2,34,35,36,37). The minimum Gasteiger partial charge on any atom is -0.494 e. The maximum absolute atomic E-state index is 13.8. The lowest BCUT2D eigenvalue weighted by atomic mass is 10.0. The summed E-state index contributed by atoms with van der Waals surface area (Å²) in [6.07, 6.45) is -1.72. The summed E-state index contributed by atoms with van der Waals surface area (Å²) in [4.78, 5) is 15.4. The Hall–Kier alpha value is -3.34. The number of piperazine rings is 1. The molecule has 2 N–H and O–H groups in total. The summed E-state index contributed by atoms with van der Waals surface area (Å²) in [6.45, 7) is 9.62. The van der Waals surface area contributed by atoms with Crippen molar-refractivity contribution in [1.82, 2.24) is 19.8 Å². The van der Waals surface area contributed by atoms with Gasteiger partial charge in [-0.05, 0) is 69.6 Å². The molecule has 232 valence electrons. The van der Waals surface area contributed by atoms with Gasteiger partial charge in [0.1, 0.15) is 24.3 Å². The van der Waals surface area contributed by atoms with Gasteiger partial charge in [-0.2, -0.15) is 18.2 Å². The molecule has 2 fully saturated rings. The lowest BCUT2D eigenvalue weighted by Crippen LogP contribution is -2.52. The third kappa shape index (κ3) is 7.60. The number of benzene rings is 2. The van der Waals surface area contributed by atoms with Crippen LogP contribution in [0.2, 0.25) is 0 Å². The number of likely N-dealkylation sites (N-methyl/N-ethyl adjacent to an activating group) is 1. The third-order valence-corrected chi connectivity index (χ3v) is 9.70. The fourth-order valence-corrected chi connectivity index (χ4v) is 6.43. The van der Waals surface area contributed by atoms with Crippen LogP contribution >= 0.6 is 7.14 Å². The number of ether oxygens (including phenoxy) is 1. The summed E-state index contributed by atoms with van der Waals surface area (Å²) in [5.74, 6) is 0.126. The van der Waals surface area contributed by atoms with Gasteiger partial charge in [0.05, 0.1) is 12.8 Å². The first-order valence-electron chi connectivity index (χ1n) is 14.4. The predicted molar refractivity (Wildman–Crippen MR) is 166 cm³/mol. The van der Waals surface area contributed by atoms with Crippen molar-refractivity contribution in [2.24, 2.45) is 0 Å². The number of aromatic nitrogens is 2. The van der Waals surface area contributed by atoms with Crippen molar-refractivity contribution in [3.05, 3.63) is 54.2 Å². The lowest BCUT2D eigenvalue weighted by Gasteiger charge is -2.42. The monoisotopic (exact) mass is 617 g/mol. The van der Waals surface area contributed by atoms with Gasteiger partial charge in [0.25, 0.3) is 0 Å². The van der Waals surface area contributed by atoms with E-state index in [4.69, 9.17) is 4.74 Å². The second-order valence-corrected chi connectivity index (χ2v) is 14.8. The maximum Gasteiger partial charge on any atom is 0.421 e. The van der Waals surface area contributed by atoms with E-state index >= 15 is 0 Å². The number of rotatable bonds is 8. The van der Waals surface area contributed by atoms with Crippen molar-refractivity contribution in [3.63, 3.8) is 0 Å². The third-order valence-electron chi connectivity index (χ3n) is 8.16. The van der Waals surface area contributed by atoms with Gasteiger partial charge in [-0.25, -0.2) is 4.98 Å². The molecule has 0 radical (unpaired) electrons. The molecule has 0 bridgehead atoms. The minimum absolute atomic E-state index is 0.0159. The van der Waals surface area contributed by atoms with Gasteiger partial charge >= 0.3 is 6.18 Å². The van der Waals surface area contributed by atoms with Gasteiger partial charge in [0.15, 0.2) is 0 Å². The predicted octanol–water partition coefficient (Wildman–Crippen LogP) is 5.46. The number of anilines is 5. The number of halogens is 3. The molecule has 2 saturated heterocycles. The van der Waals surface area contributed by atoms with Crippen LogP contribution in [0.15, 0.2) is 48.7 Å². The van der Waals surface area contributed by atoms with E-state index in [-0.39, 0.29) is 5.95 Å². The van der Waals surface area contributed by atoms with E-state index in [1.165, 1.54) is 0 Å². The Kier molecular flexibility index (Phi) is 9.20. The van der Waals surface area contributed by atoms with Crippen LogP contribution < -0.4 is 25.6 Å². The Morgan fingerprint density at radius 1 is 0.953 bits per heavy atom. The Balaban J connectivity index is 1.30. The van der Waals surface area contributed by atoms with Gasteiger partial charge in [-0.3, -0.25) is 4.90 Å². The summed E-state index contributed by atoms with van der Waals surface area (Å²) in [6, 6.07) is 12.8. The molecule has 0 saturated carbocycles. The molecule has 0 atom stereocenters. The molecule has 13 heteroatoms. The fraction of sp³-hybridized carbons (Fsp3) is 0.467. The smallest absolute Gasteiger partial charge is 0.421 e. The average molecular weight is 618 g/mol. The molecule has 2 aliphatic rings. The van der Waals surface area contributed by atoms with Crippen LogP contribution in [0.3, 0.4) is 0 Å². The summed E-state index contributed by atoms with van der Waals surface area (Å²) in [5, 5.41) is 6.40. The van der Waals surface area contributed by atoms with E-state index in [2.05, 4.69) is 42.3 Å². The van der Waals surface area contributed by atoms with Crippen LogP contribution in [0.25, 0.3) is 0 Å². The summed E-state index contributed by atoms with van der Waals surface area (Å²) >= 11 is 0. The van der Waals surface area contributed by atoms with Crippen molar-refractivity contribution >= 4 is 41.3 Å². The molecule has 2 aromatic carbocycles. The van der Waals surface area contributed by atoms with E-state index in [1.807, 2.05) is 18.2 Å². The molecule has 0 aliphatic carbocycles. The van der Waals surface area contributed by atoms with Crippen LogP contribution in [0.1, 0.15) is 18.4 Å². The Labute approximate surface area is 250 Å². The van der Waals surface area contributed by atoms with E-state index in [9.17, 15) is 17.7 Å². The Bertz CT molecular complexity index is 1450. The molecular formula is C30H39F3N7O2P. The molecule has 3 heterocycles. The van der Waals surface area contributed by atoms with Gasteiger partial charge in [0, 0.05) is 74.3 Å². The first-order chi connectivity index (χ1) is 20.4. The second kappa shape index (κ2) is 12.7. The SMILES string of the molecule is COc1cc(N2CCC(N3CCN(C)CC3)CC2)ccc1Nc1ncc(C(F)(F)F)c(Nc2ccc(P(C)(C)=O)cc2)n1. The van der Waals surface area contributed by atoms with E-state index in [0.29, 0.717) is 28.5 Å². The van der Waals surface area contributed by atoms with Crippen molar-refractivity contribution in [2.75, 3.05) is 82.3 Å². The molecule has 0 amide bonds. The van der Waals surface area contributed by atoms with Crippen molar-refractivity contribution < 1.29 is 22.5 Å². The second-order valence-electron chi connectivity index (χ2n) is 11.5. The zero-order valence-electron chi connectivity index (χ0n) is 25.0. The van der Waals surface area contributed by atoms with Gasteiger partial charge in [-0.15, -0.1) is 0 Å². The molecular weight excluding hydrogens is 578 g/mol. The molecule has 9 nitrogen and oxygen atoms in total. The summed E-state index contributed by atoms with van der Waals surface area (Å²) < 4.78 is 59.4. The van der Waals surface area contributed by atoms with Gasteiger partial charge < -0.3 is 29.7 Å². The lowest BCUT2D eigenvalue weighted by molar-refractivity contribution is -0.137. The van der Waals surface area contributed by atoms with Crippen molar-refractivity contribution in [1.29, 1.82) is 0 Å². The van der Waals surface area contributed by atoms with Crippen LogP contribution in [-0.4, -0.2) is 92.6 Å². The number of hydrogen-bond donors (Lipinski definition) is 2. The van der Waals surface area contributed by atoms with E-state index in [0.717, 1.165) is 64.0 Å². The minimum atomic E-state index is -4.67. The average Bonchev–Trinajstić information content (AvgIpc) is 2.97. The quantitative estimate of drug-likeness (QED) is 0.321. The van der Waals surface area contributed by atoms with Gasteiger partial charge in [0.2, 0.25) is 5.95 Å². The molecule has 2 aliphatic heterocycles. The number of methoxy groups -OCH3 is 1. The number of nitrogens with zero attached hydrogens (tertiary/aromatic N) is 5. The largest absolute Gasteiger partial charge is 0.494 e. The number of nitrogens with one attached hydrogen (secondary N) is 2. The highest BCUT2D eigenvalue weighted by Crippen LogP contribution is 2.38. The molecule has 0 spiro atoms. The van der Waals surface area contributed by atoms with E-state index < -0.39 is 24.7 Å². The topological polar surface area (TPSA) is 85.9 Å². The van der Waals surface area contributed by atoms with Gasteiger partial charge in [-0.1, -0.05) is 0 Å². The first kappa shape index (κ1) is 31.1. The normalized spacial score (nSPS) is 17.6. The molecule has 5 rings (SSSR count). The maximum atomic E-state index is 13.8. The van der Waals surface area contributed by atoms with Crippen LogP contribution in [-0.2, 0) is 10.7 Å². The number of alkyl halides is 3. The molecule has 43 heavy (non-hydrogen) atoms. The van der Waals surface area contributed by atoms with Crippen LogP contribution in [0.4, 0.5) is 42.0 Å². The van der Waals surface area contributed by atoms with Crippen molar-refractivity contribution in [2.45, 2.75) is 25.1 Å². The number of hydrogen-bond acceptors (Lipinski definition) is 9. The van der Waals surface area contributed by atoms with Crippen LogP contribution in [0.5, 0.6) is 5.75 Å². The number of piperidine rings is 1. The Morgan fingerprint density at radius 2 is 1.63 bits per heavy atom. The molecule has 1 aromatic heterocycles. The fourth-order valence-electron chi connectivity index (χ4n) is 5.56. The molecule has 3 aromatic rings. The zero-order valence-corrected chi connectivity index (χ0v) is 25.9. The highest BCUT2D eigenvalue weighted by molar-refractivity contribution is 7.70. The summed E-state index contributed by atoms with van der Waals surface area (Å²) in [5.41, 5.74) is 0.948. The Morgan fingerprint density at radius 3 is 2.23 bits per heavy atom. The summed E-state index contributed by atoms with van der Waals surface area (Å²) in [7, 11) is 1.23. The van der Waals surface area contributed by atoms with Crippen molar-refractivity contribution in [3.8, 4) is 5.75 Å². The molecule has 0 unspecified atom stereocenters. The van der Waals surface area contributed by atoms with E-state index in [1.54, 1.807) is 44.7 Å². The first-order valence-corrected chi connectivity index (χ1v) is 17.0.